The van der Waals surface area contributed by atoms with Gasteiger partial charge in [-0.25, -0.2) is 9.31 Å². The van der Waals surface area contributed by atoms with E-state index in [1.54, 1.807) is 17.0 Å². The Bertz CT molecular complexity index is 881. The number of urea groups is 1. The van der Waals surface area contributed by atoms with Crippen molar-refractivity contribution in [3.05, 3.63) is 48.4 Å². The van der Waals surface area contributed by atoms with Crippen LogP contribution in [0.15, 0.2) is 42.9 Å². The maximum Gasteiger partial charge on any atom is 0.321 e. The topological polar surface area (TPSA) is 78.7 Å². The van der Waals surface area contributed by atoms with Gasteiger partial charge in [0.25, 0.3) is 0 Å². The Morgan fingerprint density at radius 2 is 1.88 bits per heavy atom. The second-order valence-corrected chi connectivity index (χ2v) is 6.12. The van der Waals surface area contributed by atoms with Crippen LogP contribution >= 0.6 is 0 Å². The van der Waals surface area contributed by atoms with E-state index in [-0.39, 0.29) is 6.03 Å². The first-order chi connectivity index (χ1) is 12.2. The summed E-state index contributed by atoms with van der Waals surface area (Å²) in [5.41, 5.74) is 3.71. The third-order valence-electron chi connectivity index (χ3n) is 4.38. The number of fused-ring (bicyclic) bond motifs is 1. The standard InChI is InChI=1S/C17H19N7O/c1-13-2-4-14(5-3-13)20-17(25)23-8-6-22(7-9-23)15-10-16-21-18-12-24(16)19-11-15/h2-5,10-12H,6-9H2,1H3,(H,20,25). The monoisotopic (exact) mass is 337 g/mol. The minimum atomic E-state index is -0.0606. The number of nitrogens with one attached hydrogen (secondary N) is 1. The molecular formula is C17H19N7O. The fourth-order valence-corrected chi connectivity index (χ4v) is 2.89. The van der Waals surface area contributed by atoms with E-state index in [9.17, 15) is 4.79 Å². The van der Waals surface area contributed by atoms with Crippen molar-refractivity contribution < 1.29 is 4.79 Å². The fraction of sp³-hybridized carbons (Fsp3) is 0.294. The number of hydrogen-bond acceptors (Lipinski definition) is 5. The van der Waals surface area contributed by atoms with Crippen LogP contribution in [0.25, 0.3) is 5.65 Å². The van der Waals surface area contributed by atoms with Gasteiger partial charge in [-0.2, -0.15) is 5.10 Å². The molecule has 8 nitrogen and oxygen atoms in total. The second kappa shape index (κ2) is 6.39. The number of carbonyl (C=O) groups excluding carboxylic acids is 1. The van der Waals surface area contributed by atoms with E-state index in [4.69, 9.17) is 0 Å². The average Bonchev–Trinajstić information content (AvgIpc) is 3.11. The zero-order valence-corrected chi connectivity index (χ0v) is 14.0. The van der Waals surface area contributed by atoms with Crippen LogP contribution in [0.1, 0.15) is 5.56 Å². The fourth-order valence-electron chi connectivity index (χ4n) is 2.89. The highest BCUT2D eigenvalue weighted by molar-refractivity contribution is 5.89. The molecule has 0 atom stereocenters. The Labute approximate surface area is 145 Å². The Morgan fingerprint density at radius 3 is 2.64 bits per heavy atom. The molecule has 1 saturated heterocycles. The normalized spacial score (nSPS) is 14.8. The van der Waals surface area contributed by atoms with Crippen molar-refractivity contribution in [3.63, 3.8) is 0 Å². The molecule has 0 bridgehead atoms. The second-order valence-electron chi connectivity index (χ2n) is 6.12. The van der Waals surface area contributed by atoms with Crippen LogP contribution in [-0.4, -0.2) is 56.9 Å². The van der Waals surface area contributed by atoms with Crippen LogP contribution < -0.4 is 10.2 Å². The van der Waals surface area contributed by atoms with Crippen LogP contribution in [0, 0.1) is 6.92 Å². The van der Waals surface area contributed by atoms with Gasteiger partial charge in [-0.15, -0.1) is 10.2 Å². The van der Waals surface area contributed by atoms with Gasteiger partial charge in [0, 0.05) is 37.9 Å². The van der Waals surface area contributed by atoms with E-state index in [1.165, 1.54) is 5.56 Å². The van der Waals surface area contributed by atoms with Crippen molar-refractivity contribution in [2.24, 2.45) is 0 Å². The van der Waals surface area contributed by atoms with Crippen molar-refractivity contribution >= 4 is 23.1 Å². The van der Waals surface area contributed by atoms with Gasteiger partial charge in [-0.3, -0.25) is 0 Å². The van der Waals surface area contributed by atoms with E-state index < -0.39 is 0 Å². The molecule has 2 amide bonds. The van der Waals surface area contributed by atoms with E-state index in [1.807, 2.05) is 42.2 Å². The SMILES string of the molecule is Cc1ccc(NC(=O)N2CCN(c3cnn4cnnc4c3)CC2)cc1. The van der Waals surface area contributed by atoms with E-state index in [0.29, 0.717) is 13.1 Å². The summed E-state index contributed by atoms with van der Waals surface area (Å²) in [7, 11) is 0. The van der Waals surface area contributed by atoms with Crippen LogP contribution in [0.4, 0.5) is 16.2 Å². The molecular weight excluding hydrogens is 318 g/mol. The first-order valence-electron chi connectivity index (χ1n) is 8.23. The Morgan fingerprint density at radius 1 is 1.12 bits per heavy atom. The number of benzene rings is 1. The minimum absolute atomic E-state index is 0.0606. The molecule has 4 rings (SSSR count). The summed E-state index contributed by atoms with van der Waals surface area (Å²) in [5.74, 6) is 0. The van der Waals surface area contributed by atoms with Gasteiger partial charge in [0.1, 0.15) is 6.33 Å². The Kier molecular flexibility index (Phi) is 3.93. The van der Waals surface area contributed by atoms with Gasteiger partial charge in [-0.05, 0) is 19.1 Å². The third kappa shape index (κ3) is 3.23. The lowest BCUT2D eigenvalue weighted by Gasteiger charge is -2.35. The van der Waals surface area contributed by atoms with Crippen molar-refractivity contribution in [1.82, 2.24) is 24.7 Å². The summed E-state index contributed by atoms with van der Waals surface area (Å²) < 4.78 is 1.63. The number of rotatable bonds is 2. The van der Waals surface area contributed by atoms with Gasteiger partial charge in [-0.1, -0.05) is 17.7 Å². The smallest absolute Gasteiger partial charge is 0.321 e. The van der Waals surface area contributed by atoms with Gasteiger partial charge < -0.3 is 15.1 Å². The molecule has 8 heteroatoms. The number of amides is 2. The number of aryl methyl sites for hydroxylation is 1. The molecule has 0 unspecified atom stereocenters. The highest BCUT2D eigenvalue weighted by atomic mass is 16.2. The Balaban J connectivity index is 1.37. The quantitative estimate of drug-likeness (QED) is 0.771. The van der Waals surface area contributed by atoms with Crippen LogP contribution in [0.5, 0.6) is 0 Å². The minimum Gasteiger partial charge on any atom is -0.367 e. The molecule has 0 radical (unpaired) electrons. The summed E-state index contributed by atoms with van der Waals surface area (Å²) in [6.07, 6.45) is 3.38. The first-order valence-corrected chi connectivity index (χ1v) is 8.23. The number of anilines is 2. The highest BCUT2D eigenvalue weighted by Gasteiger charge is 2.21. The van der Waals surface area contributed by atoms with Crippen LogP contribution in [0.3, 0.4) is 0 Å². The molecule has 1 aliphatic rings. The van der Waals surface area contributed by atoms with Gasteiger partial charge in [0.05, 0.1) is 11.9 Å². The zero-order chi connectivity index (χ0) is 17.2. The molecule has 1 N–H and O–H groups in total. The molecule has 3 aromatic rings. The van der Waals surface area contributed by atoms with E-state index in [2.05, 4.69) is 25.5 Å². The summed E-state index contributed by atoms with van der Waals surface area (Å²) in [6, 6.07) is 9.71. The summed E-state index contributed by atoms with van der Waals surface area (Å²) in [6.45, 7) is 4.86. The molecule has 1 fully saturated rings. The molecule has 1 aliphatic heterocycles. The van der Waals surface area contributed by atoms with E-state index in [0.717, 1.165) is 30.1 Å². The average molecular weight is 337 g/mol. The van der Waals surface area contributed by atoms with Crippen molar-refractivity contribution in [3.8, 4) is 0 Å². The molecule has 128 valence electrons. The zero-order valence-electron chi connectivity index (χ0n) is 14.0. The molecule has 2 aromatic heterocycles. The van der Waals surface area contributed by atoms with Gasteiger partial charge in [0.15, 0.2) is 5.65 Å². The lowest BCUT2D eigenvalue weighted by molar-refractivity contribution is 0.208. The summed E-state index contributed by atoms with van der Waals surface area (Å²) in [5, 5.41) is 15.1. The third-order valence-corrected chi connectivity index (χ3v) is 4.38. The summed E-state index contributed by atoms with van der Waals surface area (Å²) in [4.78, 5) is 16.4. The number of hydrogen-bond donors (Lipinski definition) is 1. The Hall–Kier alpha value is -3.16. The van der Waals surface area contributed by atoms with Gasteiger partial charge >= 0.3 is 6.03 Å². The number of carbonyl (C=O) groups is 1. The van der Waals surface area contributed by atoms with Crippen molar-refractivity contribution in [1.29, 1.82) is 0 Å². The van der Waals surface area contributed by atoms with E-state index >= 15 is 0 Å². The lowest BCUT2D eigenvalue weighted by Crippen LogP contribution is -2.50. The highest BCUT2D eigenvalue weighted by Crippen LogP contribution is 2.17. The van der Waals surface area contributed by atoms with Crippen LogP contribution in [-0.2, 0) is 0 Å². The first kappa shape index (κ1) is 15.4. The number of aromatic nitrogens is 4. The number of nitrogens with zero attached hydrogens (tertiary/aromatic N) is 6. The number of piperazine rings is 1. The maximum atomic E-state index is 12.4. The maximum absolute atomic E-state index is 12.4. The van der Waals surface area contributed by atoms with Crippen molar-refractivity contribution in [2.75, 3.05) is 36.4 Å². The molecule has 25 heavy (non-hydrogen) atoms. The lowest BCUT2D eigenvalue weighted by atomic mass is 10.2. The van der Waals surface area contributed by atoms with Gasteiger partial charge in [0.2, 0.25) is 0 Å². The molecule has 0 saturated carbocycles. The molecule has 3 heterocycles. The van der Waals surface area contributed by atoms with Crippen LogP contribution in [0.2, 0.25) is 0 Å². The molecule has 1 aromatic carbocycles. The molecule has 0 aliphatic carbocycles. The largest absolute Gasteiger partial charge is 0.367 e. The van der Waals surface area contributed by atoms with Crippen molar-refractivity contribution in [2.45, 2.75) is 6.92 Å². The predicted octanol–water partition coefficient (Wildman–Crippen LogP) is 1.79. The summed E-state index contributed by atoms with van der Waals surface area (Å²) >= 11 is 0. The predicted molar refractivity (Wildman–Crippen MR) is 94.8 cm³/mol. The molecule has 0 spiro atoms.